The predicted octanol–water partition coefficient (Wildman–Crippen LogP) is 2.12. The fourth-order valence-corrected chi connectivity index (χ4v) is 5.67. The van der Waals surface area contributed by atoms with E-state index in [9.17, 15) is 19.2 Å². The molecule has 4 aliphatic rings. The lowest BCUT2D eigenvalue weighted by atomic mass is 9.83. The number of amides is 4. The minimum Gasteiger partial charge on any atom is -0.371 e. The van der Waals surface area contributed by atoms with E-state index in [1.165, 1.54) is 19.3 Å². The van der Waals surface area contributed by atoms with E-state index in [1.54, 1.807) is 12.1 Å². The van der Waals surface area contributed by atoms with E-state index in [1.807, 2.05) is 6.07 Å². The van der Waals surface area contributed by atoms with E-state index in [0.29, 0.717) is 11.1 Å². The summed E-state index contributed by atoms with van der Waals surface area (Å²) >= 11 is 0. The summed E-state index contributed by atoms with van der Waals surface area (Å²) in [5, 5.41) is 5.67. The largest absolute Gasteiger partial charge is 0.371 e. The van der Waals surface area contributed by atoms with E-state index in [4.69, 9.17) is 0 Å². The standard InChI is InChI=1S/C24H30N4O4.ClH/c29-21-4-3-20(22(30)26-21)28-23(31)18-2-1-17(14-19(18)24(28)32)27-11-7-16(8-12-27)13-15-5-9-25-10-6-15;/h1-2,14-16,20,25H,3-13H2,(H,26,29,30);1H. The van der Waals surface area contributed by atoms with Crippen molar-refractivity contribution in [2.75, 3.05) is 31.1 Å². The number of fused-ring (bicyclic) bond motifs is 1. The molecule has 1 aromatic carbocycles. The van der Waals surface area contributed by atoms with Gasteiger partial charge in [0.15, 0.2) is 0 Å². The van der Waals surface area contributed by atoms with Gasteiger partial charge in [0.25, 0.3) is 11.8 Å². The number of rotatable bonds is 4. The highest BCUT2D eigenvalue weighted by Crippen LogP contribution is 2.34. The van der Waals surface area contributed by atoms with Crippen LogP contribution in [0.4, 0.5) is 5.69 Å². The molecule has 0 bridgehead atoms. The first-order valence-corrected chi connectivity index (χ1v) is 11.8. The van der Waals surface area contributed by atoms with Gasteiger partial charge in [-0.05, 0) is 81.6 Å². The van der Waals surface area contributed by atoms with Gasteiger partial charge in [0, 0.05) is 25.2 Å². The van der Waals surface area contributed by atoms with Crippen LogP contribution >= 0.6 is 12.4 Å². The van der Waals surface area contributed by atoms with Crippen molar-refractivity contribution in [3.8, 4) is 0 Å². The zero-order valence-corrected chi connectivity index (χ0v) is 19.5. The van der Waals surface area contributed by atoms with Crippen LogP contribution in [0.5, 0.6) is 0 Å². The van der Waals surface area contributed by atoms with Crippen LogP contribution in [0, 0.1) is 11.8 Å². The molecule has 33 heavy (non-hydrogen) atoms. The Kier molecular flexibility index (Phi) is 7.05. The average Bonchev–Trinajstić information content (AvgIpc) is 3.05. The fraction of sp³-hybridized carbons (Fsp3) is 0.583. The molecule has 0 aliphatic carbocycles. The molecule has 4 heterocycles. The number of hydrogen-bond acceptors (Lipinski definition) is 6. The first-order chi connectivity index (χ1) is 15.5. The average molecular weight is 475 g/mol. The Bertz CT molecular complexity index is 954. The van der Waals surface area contributed by atoms with Crippen LogP contribution in [0.25, 0.3) is 0 Å². The van der Waals surface area contributed by atoms with E-state index in [2.05, 4.69) is 15.5 Å². The first-order valence-electron chi connectivity index (χ1n) is 11.8. The lowest BCUT2D eigenvalue weighted by Crippen LogP contribution is -2.54. The van der Waals surface area contributed by atoms with Gasteiger partial charge in [-0.3, -0.25) is 29.4 Å². The maximum atomic E-state index is 13.1. The number of anilines is 1. The van der Waals surface area contributed by atoms with Crippen LogP contribution in [-0.4, -0.2) is 60.7 Å². The highest BCUT2D eigenvalue weighted by molar-refractivity contribution is 6.23. The highest BCUT2D eigenvalue weighted by Gasteiger charge is 2.44. The number of imide groups is 2. The second-order valence-corrected chi connectivity index (χ2v) is 9.54. The highest BCUT2D eigenvalue weighted by atomic mass is 35.5. The van der Waals surface area contributed by atoms with Gasteiger partial charge < -0.3 is 10.2 Å². The molecule has 4 aliphatic heterocycles. The van der Waals surface area contributed by atoms with Crippen molar-refractivity contribution in [3.05, 3.63) is 29.3 Å². The van der Waals surface area contributed by atoms with Crippen molar-refractivity contribution in [2.24, 2.45) is 11.8 Å². The molecular weight excluding hydrogens is 444 g/mol. The predicted molar refractivity (Wildman–Crippen MR) is 126 cm³/mol. The summed E-state index contributed by atoms with van der Waals surface area (Å²) in [7, 11) is 0. The maximum Gasteiger partial charge on any atom is 0.262 e. The topological polar surface area (TPSA) is 98.8 Å². The summed E-state index contributed by atoms with van der Waals surface area (Å²) < 4.78 is 0. The molecule has 3 fully saturated rings. The number of halogens is 1. The van der Waals surface area contributed by atoms with E-state index >= 15 is 0 Å². The van der Waals surface area contributed by atoms with Gasteiger partial charge in [-0.15, -0.1) is 12.4 Å². The van der Waals surface area contributed by atoms with Crippen molar-refractivity contribution < 1.29 is 19.2 Å². The molecule has 0 radical (unpaired) electrons. The summed E-state index contributed by atoms with van der Waals surface area (Å²) in [6.45, 7) is 4.18. The molecule has 2 N–H and O–H groups in total. The second-order valence-electron chi connectivity index (χ2n) is 9.54. The molecule has 3 saturated heterocycles. The normalized spacial score (nSPS) is 24.5. The Morgan fingerprint density at radius 3 is 2.21 bits per heavy atom. The van der Waals surface area contributed by atoms with Gasteiger partial charge in [-0.2, -0.15) is 0 Å². The third-order valence-electron chi connectivity index (χ3n) is 7.53. The zero-order chi connectivity index (χ0) is 22.2. The maximum absolute atomic E-state index is 13.1. The number of nitrogens with one attached hydrogen (secondary N) is 2. The smallest absolute Gasteiger partial charge is 0.262 e. The van der Waals surface area contributed by atoms with Crippen LogP contribution in [-0.2, 0) is 9.59 Å². The molecule has 8 nitrogen and oxygen atoms in total. The monoisotopic (exact) mass is 474 g/mol. The van der Waals surface area contributed by atoms with Gasteiger partial charge in [-0.25, -0.2) is 0 Å². The van der Waals surface area contributed by atoms with Gasteiger partial charge in [0.05, 0.1) is 11.1 Å². The molecule has 178 valence electrons. The lowest BCUT2D eigenvalue weighted by molar-refractivity contribution is -0.136. The molecule has 5 rings (SSSR count). The summed E-state index contributed by atoms with van der Waals surface area (Å²) in [4.78, 5) is 52.9. The molecule has 1 unspecified atom stereocenters. The fourth-order valence-electron chi connectivity index (χ4n) is 5.67. The summed E-state index contributed by atoms with van der Waals surface area (Å²) in [6.07, 6.45) is 6.48. The molecule has 4 amide bonds. The number of hydrogen-bond donors (Lipinski definition) is 2. The molecule has 1 atom stereocenters. The van der Waals surface area contributed by atoms with Crippen molar-refractivity contribution in [1.82, 2.24) is 15.5 Å². The molecule has 0 aromatic heterocycles. The molecular formula is C24H31ClN4O4. The number of carbonyl (C=O) groups excluding carboxylic acids is 4. The lowest BCUT2D eigenvalue weighted by Gasteiger charge is -2.36. The Balaban J connectivity index is 0.00000259. The zero-order valence-electron chi connectivity index (χ0n) is 18.7. The Morgan fingerprint density at radius 1 is 0.848 bits per heavy atom. The number of carbonyl (C=O) groups is 4. The van der Waals surface area contributed by atoms with Crippen molar-refractivity contribution in [2.45, 2.75) is 51.0 Å². The van der Waals surface area contributed by atoms with Crippen molar-refractivity contribution in [3.63, 3.8) is 0 Å². The molecule has 1 aromatic rings. The van der Waals surface area contributed by atoms with E-state index in [0.717, 1.165) is 61.4 Å². The van der Waals surface area contributed by atoms with Gasteiger partial charge in [0.1, 0.15) is 6.04 Å². The third-order valence-corrected chi connectivity index (χ3v) is 7.53. The van der Waals surface area contributed by atoms with Crippen LogP contribution < -0.4 is 15.5 Å². The van der Waals surface area contributed by atoms with Crippen LogP contribution in [0.1, 0.15) is 65.7 Å². The Morgan fingerprint density at radius 2 is 1.52 bits per heavy atom. The van der Waals surface area contributed by atoms with Crippen molar-refractivity contribution >= 4 is 41.7 Å². The number of nitrogens with zero attached hydrogens (tertiary/aromatic N) is 2. The van der Waals surface area contributed by atoms with Gasteiger partial charge >= 0.3 is 0 Å². The van der Waals surface area contributed by atoms with Crippen molar-refractivity contribution in [1.29, 1.82) is 0 Å². The minimum atomic E-state index is -0.922. The van der Waals surface area contributed by atoms with Gasteiger partial charge in [0.2, 0.25) is 11.8 Å². The number of benzene rings is 1. The third kappa shape index (κ3) is 4.64. The quantitative estimate of drug-likeness (QED) is 0.648. The minimum absolute atomic E-state index is 0. The Labute approximate surface area is 199 Å². The summed E-state index contributed by atoms with van der Waals surface area (Å²) in [6, 6.07) is 4.49. The van der Waals surface area contributed by atoms with Crippen LogP contribution in [0.3, 0.4) is 0 Å². The molecule has 0 spiro atoms. The number of piperidine rings is 3. The van der Waals surface area contributed by atoms with E-state index in [-0.39, 0.29) is 31.2 Å². The molecule has 0 saturated carbocycles. The summed E-state index contributed by atoms with van der Waals surface area (Å²) in [5.74, 6) is -0.237. The van der Waals surface area contributed by atoms with E-state index < -0.39 is 23.8 Å². The first kappa shape index (κ1) is 23.7. The van der Waals surface area contributed by atoms with Gasteiger partial charge in [-0.1, -0.05) is 0 Å². The molecule has 9 heteroatoms. The van der Waals surface area contributed by atoms with Crippen LogP contribution in [0.2, 0.25) is 0 Å². The second kappa shape index (κ2) is 9.81. The Hall–Kier alpha value is -2.45. The summed E-state index contributed by atoms with van der Waals surface area (Å²) in [5.41, 5.74) is 1.65. The SMILES string of the molecule is Cl.O=C1CCC(N2C(=O)c3ccc(N4CCC(CC5CCNCC5)CC4)cc3C2=O)C(=O)N1. The van der Waals surface area contributed by atoms with Crippen LogP contribution in [0.15, 0.2) is 18.2 Å².